The van der Waals surface area contributed by atoms with Crippen molar-refractivity contribution in [3.8, 4) is 0 Å². The Kier molecular flexibility index (Phi) is 5.16. The molecule has 0 aromatic heterocycles. The van der Waals surface area contributed by atoms with Crippen LogP contribution < -0.4 is 5.32 Å². The van der Waals surface area contributed by atoms with E-state index in [2.05, 4.69) is 26.1 Å². The minimum atomic E-state index is -0.112. The summed E-state index contributed by atoms with van der Waals surface area (Å²) in [6.07, 6.45) is 6.95. The summed E-state index contributed by atoms with van der Waals surface area (Å²) in [5.41, 5.74) is 0.411. The highest BCUT2D eigenvalue weighted by Gasteiger charge is 2.25. The molecule has 0 saturated carbocycles. The average molecular weight is 239 g/mol. The molecule has 1 fully saturated rings. The van der Waals surface area contributed by atoms with E-state index < -0.39 is 0 Å². The van der Waals surface area contributed by atoms with E-state index in [1.54, 1.807) is 0 Å². The molecule has 1 N–H and O–H groups in total. The highest BCUT2D eigenvalue weighted by Crippen LogP contribution is 2.24. The van der Waals surface area contributed by atoms with Gasteiger partial charge in [-0.15, -0.1) is 0 Å². The van der Waals surface area contributed by atoms with Crippen molar-refractivity contribution in [2.75, 3.05) is 0 Å². The third-order valence-electron chi connectivity index (χ3n) is 3.33. The van der Waals surface area contributed by atoms with Gasteiger partial charge < -0.3 is 0 Å². The van der Waals surface area contributed by atoms with E-state index in [-0.39, 0.29) is 17.7 Å². The molecule has 3 nitrogen and oxygen atoms in total. The van der Waals surface area contributed by atoms with Gasteiger partial charge in [-0.05, 0) is 24.7 Å². The molecule has 1 heterocycles. The molecule has 1 atom stereocenters. The van der Waals surface area contributed by atoms with Crippen LogP contribution in [0.25, 0.3) is 0 Å². The van der Waals surface area contributed by atoms with Crippen LogP contribution in [0.4, 0.5) is 0 Å². The molecular formula is C14H25NO2. The van der Waals surface area contributed by atoms with Gasteiger partial charge in [-0.25, -0.2) is 0 Å². The molecule has 98 valence electrons. The molecule has 1 aliphatic rings. The van der Waals surface area contributed by atoms with Crippen LogP contribution in [0, 0.1) is 11.3 Å². The summed E-state index contributed by atoms with van der Waals surface area (Å²) in [6.45, 7) is 6.77. The largest absolute Gasteiger partial charge is 0.296 e. The average Bonchev–Trinajstić information content (AvgIpc) is 2.18. The molecule has 3 heteroatoms. The second kappa shape index (κ2) is 6.18. The lowest BCUT2D eigenvalue weighted by Gasteiger charge is -2.21. The Bertz CT molecular complexity index is 278. The summed E-state index contributed by atoms with van der Waals surface area (Å²) < 4.78 is 0. The fraction of sp³-hybridized carbons (Fsp3) is 0.857. The molecule has 0 bridgehead atoms. The summed E-state index contributed by atoms with van der Waals surface area (Å²) in [7, 11) is 0. The predicted octanol–water partition coefficient (Wildman–Crippen LogP) is 3.04. The zero-order valence-corrected chi connectivity index (χ0v) is 11.3. The quantitative estimate of drug-likeness (QED) is 0.592. The summed E-state index contributed by atoms with van der Waals surface area (Å²) in [5, 5.41) is 2.42. The highest BCUT2D eigenvalue weighted by atomic mass is 16.2. The van der Waals surface area contributed by atoms with E-state index in [1.807, 2.05) is 0 Å². The van der Waals surface area contributed by atoms with Crippen LogP contribution in [0.2, 0.25) is 0 Å². The van der Waals surface area contributed by atoms with E-state index in [4.69, 9.17) is 0 Å². The molecule has 0 radical (unpaired) electrons. The van der Waals surface area contributed by atoms with Gasteiger partial charge >= 0.3 is 0 Å². The molecule has 1 aliphatic heterocycles. The Labute approximate surface area is 104 Å². The maximum Gasteiger partial charge on any atom is 0.229 e. The number of carbonyl (C=O) groups excluding carboxylic acids is 2. The molecule has 1 saturated heterocycles. The van der Waals surface area contributed by atoms with E-state index in [1.165, 1.54) is 19.3 Å². The first kappa shape index (κ1) is 14.2. The number of hydrogen-bond acceptors (Lipinski definition) is 2. The molecule has 1 rings (SSSR count). The number of piperidine rings is 1. The maximum absolute atomic E-state index is 11.5. The maximum atomic E-state index is 11.5. The van der Waals surface area contributed by atoms with Gasteiger partial charge in [-0.3, -0.25) is 14.9 Å². The summed E-state index contributed by atoms with van der Waals surface area (Å²) in [4.78, 5) is 22.5. The second-order valence-corrected chi connectivity index (χ2v) is 6.31. The number of carbonyl (C=O) groups is 2. The third-order valence-corrected chi connectivity index (χ3v) is 3.33. The lowest BCUT2D eigenvalue weighted by Crippen LogP contribution is -2.40. The van der Waals surface area contributed by atoms with Crippen LogP contribution in [0.3, 0.4) is 0 Å². The van der Waals surface area contributed by atoms with Gasteiger partial charge in [0, 0.05) is 12.3 Å². The van der Waals surface area contributed by atoms with Gasteiger partial charge in [-0.2, -0.15) is 0 Å². The Morgan fingerprint density at radius 3 is 2.47 bits per heavy atom. The Hall–Kier alpha value is -0.860. The van der Waals surface area contributed by atoms with Crippen LogP contribution in [-0.4, -0.2) is 11.8 Å². The van der Waals surface area contributed by atoms with E-state index in [0.29, 0.717) is 11.8 Å². The summed E-state index contributed by atoms with van der Waals surface area (Å²) >= 11 is 0. The van der Waals surface area contributed by atoms with Crippen molar-refractivity contribution < 1.29 is 9.59 Å². The molecule has 0 aromatic carbocycles. The van der Waals surface area contributed by atoms with Gasteiger partial charge in [-0.1, -0.05) is 40.0 Å². The Morgan fingerprint density at radius 1 is 1.18 bits per heavy atom. The van der Waals surface area contributed by atoms with Crippen LogP contribution >= 0.6 is 0 Å². The zero-order valence-electron chi connectivity index (χ0n) is 11.3. The zero-order chi connectivity index (χ0) is 12.9. The second-order valence-electron chi connectivity index (χ2n) is 6.31. The number of hydrogen-bond donors (Lipinski definition) is 1. The van der Waals surface area contributed by atoms with E-state index in [0.717, 1.165) is 19.3 Å². The van der Waals surface area contributed by atoms with Crippen molar-refractivity contribution >= 4 is 11.8 Å². The van der Waals surface area contributed by atoms with Crippen molar-refractivity contribution in [2.24, 2.45) is 11.3 Å². The van der Waals surface area contributed by atoms with Gasteiger partial charge in [0.25, 0.3) is 0 Å². The first-order valence-electron chi connectivity index (χ1n) is 6.72. The molecule has 0 spiro atoms. The van der Waals surface area contributed by atoms with Gasteiger partial charge in [0.15, 0.2) is 0 Å². The minimum absolute atomic E-state index is 0.0583. The number of rotatable bonds is 5. The molecular weight excluding hydrogens is 214 g/mol. The topological polar surface area (TPSA) is 46.2 Å². The summed E-state index contributed by atoms with van der Waals surface area (Å²) in [5.74, 6) is -0.0987. The van der Waals surface area contributed by atoms with Crippen molar-refractivity contribution in [2.45, 2.75) is 65.7 Å². The van der Waals surface area contributed by atoms with Crippen LogP contribution in [0.1, 0.15) is 65.7 Å². The SMILES string of the molecule is CC(C)(C)CCCCCC1CCC(=O)NC1=O. The normalized spacial score (nSPS) is 21.5. The number of nitrogens with one attached hydrogen (secondary N) is 1. The van der Waals surface area contributed by atoms with Crippen LogP contribution in [-0.2, 0) is 9.59 Å². The third kappa shape index (κ3) is 5.85. The first-order valence-corrected chi connectivity index (χ1v) is 6.72. The lowest BCUT2D eigenvalue weighted by atomic mass is 9.88. The van der Waals surface area contributed by atoms with Crippen molar-refractivity contribution in [3.63, 3.8) is 0 Å². The molecule has 17 heavy (non-hydrogen) atoms. The van der Waals surface area contributed by atoms with E-state index in [9.17, 15) is 9.59 Å². The van der Waals surface area contributed by atoms with E-state index >= 15 is 0 Å². The number of imide groups is 1. The molecule has 2 amide bonds. The predicted molar refractivity (Wildman–Crippen MR) is 68.4 cm³/mol. The first-order chi connectivity index (χ1) is 7.88. The fourth-order valence-electron chi connectivity index (χ4n) is 2.24. The Morgan fingerprint density at radius 2 is 1.88 bits per heavy atom. The van der Waals surface area contributed by atoms with Gasteiger partial charge in [0.1, 0.15) is 0 Å². The molecule has 0 aromatic rings. The van der Waals surface area contributed by atoms with Crippen LogP contribution in [0.15, 0.2) is 0 Å². The summed E-state index contributed by atoms with van der Waals surface area (Å²) in [6, 6.07) is 0. The highest BCUT2D eigenvalue weighted by molar-refractivity contribution is 5.98. The smallest absolute Gasteiger partial charge is 0.229 e. The Balaban J connectivity index is 2.11. The standard InChI is InChI=1S/C14H25NO2/c1-14(2,3)10-6-4-5-7-11-8-9-12(16)15-13(11)17/h11H,4-10H2,1-3H3,(H,15,16,17). The monoisotopic (exact) mass is 239 g/mol. The van der Waals surface area contributed by atoms with Crippen LogP contribution in [0.5, 0.6) is 0 Å². The van der Waals surface area contributed by atoms with Crippen molar-refractivity contribution in [1.82, 2.24) is 5.32 Å². The lowest BCUT2D eigenvalue weighted by molar-refractivity contribution is -0.136. The van der Waals surface area contributed by atoms with Crippen molar-refractivity contribution in [1.29, 1.82) is 0 Å². The number of unbranched alkanes of at least 4 members (excludes halogenated alkanes) is 2. The van der Waals surface area contributed by atoms with Crippen molar-refractivity contribution in [3.05, 3.63) is 0 Å². The number of amides is 2. The fourth-order valence-corrected chi connectivity index (χ4v) is 2.24. The van der Waals surface area contributed by atoms with Gasteiger partial charge in [0.05, 0.1) is 0 Å². The van der Waals surface area contributed by atoms with Gasteiger partial charge in [0.2, 0.25) is 11.8 Å². The minimum Gasteiger partial charge on any atom is -0.296 e. The molecule has 1 unspecified atom stereocenters. The molecule has 0 aliphatic carbocycles.